The Hall–Kier alpha value is -2.37. The highest BCUT2D eigenvalue weighted by Crippen LogP contribution is 2.20. The molecule has 2 aromatic rings. The van der Waals surface area contributed by atoms with Crippen LogP contribution in [0.25, 0.3) is 0 Å². The van der Waals surface area contributed by atoms with Gasteiger partial charge >= 0.3 is 5.97 Å². The zero-order valence-electron chi connectivity index (χ0n) is 12.4. The topological polar surface area (TPSA) is 77.2 Å². The first-order valence-corrected chi connectivity index (χ1v) is 6.91. The van der Waals surface area contributed by atoms with E-state index in [4.69, 9.17) is 4.74 Å². The molecule has 0 saturated heterocycles. The number of nitrogens with zero attached hydrogens (tertiary/aromatic N) is 3. The van der Waals surface area contributed by atoms with E-state index in [9.17, 15) is 9.90 Å². The molecule has 0 aliphatic carbocycles. The van der Waals surface area contributed by atoms with Crippen LogP contribution in [-0.2, 0) is 11.3 Å². The van der Waals surface area contributed by atoms with Crippen LogP contribution >= 0.6 is 0 Å². The zero-order chi connectivity index (χ0) is 15.4. The van der Waals surface area contributed by atoms with Gasteiger partial charge in [0, 0.05) is 0 Å². The summed E-state index contributed by atoms with van der Waals surface area (Å²) >= 11 is 0. The molecular formula is C15H19N3O3. The van der Waals surface area contributed by atoms with Gasteiger partial charge in [-0.05, 0) is 30.5 Å². The van der Waals surface area contributed by atoms with Crippen molar-refractivity contribution in [1.82, 2.24) is 15.0 Å². The van der Waals surface area contributed by atoms with Gasteiger partial charge in [-0.15, -0.1) is 5.10 Å². The molecule has 6 heteroatoms. The lowest BCUT2D eigenvalue weighted by atomic mass is 10.1. The van der Waals surface area contributed by atoms with Gasteiger partial charge in [-0.25, -0.2) is 9.48 Å². The highest BCUT2D eigenvalue weighted by Gasteiger charge is 2.23. The molecule has 0 radical (unpaired) electrons. The van der Waals surface area contributed by atoms with Crippen molar-refractivity contribution in [1.29, 1.82) is 0 Å². The monoisotopic (exact) mass is 289 g/mol. The van der Waals surface area contributed by atoms with Crippen LogP contribution in [0.1, 0.15) is 48.4 Å². The number of rotatable bonds is 5. The number of benzene rings is 1. The molecule has 0 bridgehead atoms. The maximum Gasteiger partial charge on any atom is 0.360 e. The van der Waals surface area contributed by atoms with Gasteiger partial charge in [0.05, 0.1) is 18.8 Å². The summed E-state index contributed by atoms with van der Waals surface area (Å²) in [5.74, 6) is -0.136. The van der Waals surface area contributed by atoms with Crippen LogP contribution < -0.4 is 0 Å². The average molecular weight is 289 g/mol. The van der Waals surface area contributed by atoms with Crippen molar-refractivity contribution in [3.8, 4) is 5.75 Å². The SMILES string of the molecule is CCOC(=O)c1nnn(Cc2ccc(O)cc2)c1C(C)C. The minimum atomic E-state index is -0.446. The van der Waals surface area contributed by atoms with Crippen molar-refractivity contribution in [2.24, 2.45) is 0 Å². The maximum absolute atomic E-state index is 11.9. The van der Waals surface area contributed by atoms with Gasteiger partial charge in [-0.1, -0.05) is 31.2 Å². The van der Waals surface area contributed by atoms with Crippen LogP contribution in [0.4, 0.5) is 0 Å². The van der Waals surface area contributed by atoms with E-state index >= 15 is 0 Å². The lowest BCUT2D eigenvalue weighted by Gasteiger charge is -2.11. The molecule has 0 amide bonds. The predicted molar refractivity (Wildman–Crippen MR) is 77.3 cm³/mol. The predicted octanol–water partition coefficient (Wildman–Crippen LogP) is 2.33. The van der Waals surface area contributed by atoms with Crippen LogP contribution in [-0.4, -0.2) is 32.7 Å². The van der Waals surface area contributed by atoms with E-state index in [1.807, 2.05) is 26.0 Å². The van der Waals surface area contributed by atoms with Crippen molar-refractivity contribution < 1.29 is 14.6 Å². The fourth-order valence-electron chi connectivity index (χ4n) is 2.13. The number of carbonyl (C=O) groups is 1. The first-order valence-electron chi connectivity index (χ1n) is 6.91. The minimum Gasteiger partial charge on any atom is -0.508 e. The Bertz CT molecular complexity index is 618. The van der Waals surface area contributed by atoms with Crippen LogP contribution in [0.15, 0.2) is 24.3 Å². The van der Waals surface area contributed by atoms with Gasteiger partial charge in [0.25, 0.3) is 0 Å². The largest absolute Gasteiger partial charge is 0.508 e. The summed E-state index contributed by atoms with van der Waals surface area (Å²) in [6.07, 6.45) is 0. The molecule has 0 spiro atoms. The molecule has 0 aliphatic heterocycles. The second kappa shape index (κ2) is 6.39. The Morgan fingerprint density at radius 1 is 1.33 bits per heavy atom. The van der Waals surface area contributed by atoms with Crippen molar-refractivity contribution in [2.75, 3.05) is 6.61 Å². The molecule has 0 fully saturated rings. The van der Waals surface area contributed by atoms with Crippen molar-refractivity contribution in [3.63, 3.8) is 0 Å². The molecule has 112 valence electrons. The average Bonchev–Trinajstić information content (AvgIpc) is 2.85. The fourth-order valence-corrected chi connectivity index (χ4v) is 2.13. The number of ether oxygens (including phenoxy) is 1. The first kappa shape index (κ1) is 15.0. The lowest BCUT2D eigenvalue weighted by Crippen LogP contribution is -2.12. The number of hydrogen-bond donors (Lipinski definition) is 1. The quantitative estimate of drug-likeness (QED) is 0.855. The Morgan fingerprint density at radius 3 is 2.57 bits per heavy atom. The summed E-state index contributed by atoms with van der Waals surface area (Å²) in [7, 11) is 0. The Balaban J connectivity index is 2.31. The second-order valence-electron chi connectivity index (χ2n) is 5.02. The van der Waals surface area contributed by atoms with Crippen molar-refractivity contribution >= 4 is 5.97 Å². The van der Waals surface area contributed by atoms with E-state index in [1.165, 1.54) is 0 Å². The van der Waals surface area contributed by atoms with Crippen LogP contribution in [0, 0.1) is 0 Å². The summed E-state index contributed by atoms with van der Waals surface area (Å²) in [5.41, 5.74) is 1.99. The van der Waals surface area contributed by atoms with E-state index < -0.39 is 5.97 Å². The smallest absolute Gasteiger partial charge is 0.360 e. The first-order chi connectivity index (χ1) is 10.0. The Kier molecular flexibility index (Phi) is 4.57. The number of aromatic hydroxyl groups is 1. The molecule has 0 aliphatic rings. The number of carbonyl (C=O) groups excluding carboxylic acids is 1. The van der Waals surface area contributed by atoms with Crippen LogP contribution in [0.2, 0.25) is 0 Å². The van der Waals surface area contributed by atoms with Crippen molar-refractivity contribution in [2.45, 2.75) is 33.2 Å². The molecule has 1 aromatic heterocycles. The molecule has 6 nitrogen and oxygen atoms in total. The molecule has 21 heavy (non-hydrogen) atoms. The minimum absolute atomic E-state index is 0.0940. The molecule has 1 N–H and O–H groups in total. The second-order valence-corrected chi connectivity index (χ2v) is 5.02. The number of aromatic nitrogens is 3. The summed E-state index contributed by atoms with van der Waals surface area (Å²) in [5, 5.41) is 17.3. The number of esters is 1. The van der Waals surface area contributed by atoms with Gasteiger partial charge < -0.3 is 9.84 Å². The fraction of sp³-hybridized carbons (Fsp3) is 0.400. The molecule has 0 saturated carbocycles. The van der Waals surface area contributed by atoms with Crippen molar-refractivity contribution in [3.05, 3.63) is 41.2 Å². The summed E-state index contributed by atoms with van der Waals surface area (Å²) in [6.45, 7) is 6.51. The number of hydrogen-bond acceptors (Lipinski definition) is 5. The molecule has 2 rings (SSSR count). The summed E-state index contributed by atoms with van der Waals surface area (Å²) in [4.78, 5) is 11.9. The number of phenols is 1. The van der Waals surface area contributed by atoms with E-state index in [2.05, 4.69) is 10.3 Å². The van der Waals surface area contributed by atoms with Gasteiger partial charge in [0.15, 0.2) is 5.69 Å². The standard InChI is InChI=1S/C15H19N3O3/c1-4-21-15(20)13-14(10(2)3)18(17-16-13)9-11-5-7-12(19)8-6-11/h5-8,10,19H,4,9H2,1-3H3. The lowest BCUT2D eigenvalue weighted by molar-refractivity contribution is 0.0517. The summed E-state index contributed by atoms with van der Waals surface area (Å²) < 4.78 is 6.71. The zero-order valence-corrected chi connectivity index (χ0v) is 12.4. The van der Waals surface area contributed by atoms with Gasteiger partial charge in [-0.2, -0.15) is 0 Å². The molecule has 0 atom stereocenters. The molecular weight excluding hydrogens is 270 g/mol. The van der Waals surface area contributed by atoms with Gasteiger partial charge in [0.2, 0.25) is 0 Å². The highest BCUT2D eigenvalue weighted by molar-refractivity contribution is 5.88. The Morgan fingerprint density at radius 2 is 2.00 bits per heavy atom. The molecule has 0 unspecified atom stereocenters. The molecule has 1 heterocycles. The third kappa shape index (κ3) is 3.39. The normalized spacial score (nSPS) is 10.9. The molecule has 1 aromatic carbocycles. The Labute approximate surface area is 123 Å². The van der Waals surface area contributed by atoms with E-state index in [1.54, 1.807) is 23.7 Å². The van der Waals surface area contributed by atoms with E-state index in [0.717, 1.165) is 11.3 Å². The van der Waals surface area contributed by atoms with E-state index in [-0.39, 0.29) is 17.4 Å². The maximum atomic E-state index is 11.9. The highest BCUT2D eigenvalue weighted by atomic mass is 16.5. The third-order valence-electron chi connectivity index (χ3n) is 3.06. The summed E-state index contributed by atoms with van der Waals surface area (Å²) in [6, 6.07) is 6.86. The van der Waals surface area contributed by atoms with Gasteiger partial charge in [0.1, 0.15) is 5.75 Å². The van der Waals surface area contributed by atoms with E-state index in [0.29, 0.717) is 13.2 Å². The van der Waals surface area contributed by atoms with Crippen LogP contribution in [0.5, 0.6) is 5.75 Å². The van der Waals surface area contributed by atoms with Crippen LogP contribution in [0.3, 0.4) is 0 Å². The number of phenolic OH excluding ortho intramolecular Hbond substituents is 1. The third-order valence-corrected chi connectivity index (χ3v) is 3.06. The van der Waals surface area contributed by atoms with Gasteiger partial charge in [-0.3, -0.25) is 0 Å².